The van der Waals surface area contributed by atoms with E-state index in [0.717, 1.165) is 5.69 Å². The molecule has 0 unspecified atom stereocenters. The van der Waals surface area contributed by atoms with Crippen LogP contribution in [-0.4, -0.2) is 6.04 Å². The summed E-state index contributed by atoms with van der Waals surface area (Å²) >= 11 is 0. The zero-order valence-corrected chi connectivity index (χ0v) is 10.5. The van der Waals surface area contributed by atoms with Gasteiger partial charge in [0.1, 0.15) is 0 Å². The number of benzene rings is 1. The molecule has 0 saturated heterocycles. The van der Waals surface area contributed by atoms with E-state index in [1.54, 1.807) is 0 Å². The third-order valence-electron chi connectivity index (χ3n) is 3.42. The van der Waals surface area contributed by atoms with E-state index in [1.807, 2.05) is 30.3 Å². The third-order valence-corrected chi connectivity index (χ3v) is 3.42. The normalized spacial score (nSPS) is 19.8. The van der Waals surface area contributed by atoms with Gasteiger partial charge in [0.05, 0.1) is 11.7 Å². The van der Waals surface area contributed by atoms with Crippen LogP contribution in [0.4, 0.5) is 5.69 Å². The summed E-state index contributed by atoms with van der Waals surface area (Å²) in [5.41, 5.74) is 0.979. The van der Waals surface area contributed by atoms with Crippen LogP contribution in [0.5, 0.6) is 0 Å². The molecule has 92 valence electrons. The van der Waals surface area contributed by atoms with Crippen LogP contribution >= 0.6 is 0 Å². The minimum atomic E-state index is 0.452. The molecule has 0 amide bonds. The Bertz CT molecular complexity index is 322. The summed E-state index contributed by atoms with van der Waals surface area (Å²) in [5.74, 6) is 0. The van der Waals surface area contributed by atoms with Gasteiger partial charge in [-0.3, -0.25) is 0 Å². The minimum absolute atomic E-state index is 0.452. The second-order valence-electron chi connectivity index (χ2n) is 4.90. The second-order valence-corrected chi connectivity index (χ2v) is 4.90. The lowest BCUT2D eigenvalue weighted by atomic mass is 10.1. The highest BCUT2D eigenvalue weighted by Crippen LogP contribution is 2.21. The van der Waals surface area contributed by atoms with Crippen molar-refractivity contribution in [3.63, 3.8) is 0 Å². The highest BCUT2D eigenvalue weighted by Gasteiger charge is 2.09. The Morgan fingerprint density at radius 2 is 1.35 bits per heavy atom. The van der Waals surface area contributed by atoms with Gasteiger partial charge in [-0.25, -0.2) is 0 Å². The first-order chi connectivity index (χ1) is 8.45. The topological polar surface area (TPSA) is 24.7 Å². The average Bonchev–Trinajstić information content (AvgIpc) is 2.51. The molecule has 0 radical (unpaired) electrons. The van der Waals surface area contributed by atoms with Crippen LogP contribution in [0.25, 0.3) is 0 Å². The predicted molar refractivity (Wildman–Crippen MR) is 71.7 cm³/mol. The molecule has 1 aliphatic rings. The summed E-state index contributed by atoms with van der Waals surface area (Å²) in [7, 11) is 0. The van der Waals surface area contributed by atoms with Crippen LogP contribution in [0.15, 0.2) is 40.6 Å². The van der Waals surface area contributed by atoms with Crippen LogP contribution in [0.3, 0.4) is 0 Å². The van der Waals surface area contributed by atoms with E-state index in [0.29, 0.717) is 6.04 Å². The van der Waals surface area contributed by atoms with Gasteiger partial charge in [-0.1, -0.05) is 56.7 Å². The SMILES string of the molecule is c1ccc(N=NC2CCCCCCCC2)cc1. The van der Waals surface area contributed by atoms with Crippen molar-refractivity contribution in [2.45, 2.75) is 57.4 Å². The molecule has 1 saturated carbocycles. The Morgan fingerprint density at radius 1 is 0.765 bits per heavy atom. The van der Waals surface area contributed by atoms with Crippen LogP contribution in [0.1, 0.15) is 51.4 Å². The molecular weight excluding hydrogens is 208 g/mol. The van der Waals surface area contributed by atoms with Gasteiger partial charge in [-0.15, -0.1) is 0 Å². The average molecular weight is 230 g/mol. The molecule has 2 nitrogen and oxygen atoms in total. The fourth-order valence-electron chi connectivity index (χ4n) is 2.37. The Morgan fingerprint density at radius 3 is 2.00 bits per heavy atom. The third kappa shape index (κ3) is 4.68. The summed E-state index contributed by atoms with van der Waals surface area (Å²) in [6.45, 7) is 0. The van der Waals surface area contributed by atoms with E-state index in [1.165, 1.54) is 51.4 Å². The molecule has 17 heavy (non-hydrogen) atoms. The van der Waals surface area contributed by atoms with E-state index >= 15 is 0 Å². The van der Waals surface area contributed by atoms with Crippen LogP contribution in [0, 0.1) is 0 Å². The summed E-state index contributed by atoms with van der Waals surface area (Å²) in [4.78, 5) is 0. The van der Waals surface area contributed by atoms with Crippen LogP contribution < -0.4 is 0 Å². The monoisotopic (exact) mass is 230 g/mol. The van der Waals surface area contributed by atoms with Crippen molar-refractivity contribution in [3.8, 4) is 0 Å². The first-order valence-electron chi connectivity index (χ1n) is 6.91. The fourth-order valence-corrected chi connectivity index (χ4v) is 2.37. The molecule has 0 atom stereocenters. The first kappa shape index (κ1) is 12.3. The van der Waals surface area contributed by atoms with E-state index in [2.05, 4.69) is 10.2 Å². The Kier molecular flexibility index (Phi) is 5.21. The highest BCUT2D eigenvalue weighted by molar-refractivity contribution is 5.34. The predicted octanol–water partition coefficient (Wildman–Crippen LogP) is 5.27. The number of azo groups is 1. The van der Waals surface area contributed by atoms with Crippen LogP contribution in [-0.2, 0) is 0 Å². The van der Waals surface area contributed by atoms with E-state index < -0.39 is 0 Å². The van der Waals surface area contributed by atoms with Gasteiger partial charge in [0, 0.05) is 0 Å². The smallest absolute Gasteiger partial charge is 0.0852 e. The highest BCUT2D eigenvalue weighted by atomic mass is 15.1. The van der Waals surface area contributed by atoms with Gasteiger partial charge in [0.2, 0.25) is 0 Å². The molecule has 0 spiro atoms. The fraction of sp³-hybridized carbons (Fsp3) is 0.600. The molecule has 1 fully saturated rings. The lowest BCUT2D eigenvalue weighted by Crippen LogP contribution is -2.02. The number of hydrogen-bond donors (Lipinski definition) is 0. The van der Waals surface area contributed by atoms with Crippen molar-refractivity contribution in [3.05, 3.63) is 30.3 Å². The Hall–Kier alpha value is -1.18. The van der Waals surface area contributed by atoms with E-state index in [9.17, 15) is 0 Å². The summed E-state index contributed by atoms with van der Waals surface area (Å²) in [6, 6.07) is 10.5. The maximum absolute atomic E-state index is 4.52. The minimum Gasteiger partial charge on any atom is -0.185 e. The summed E-state index contributed by atoms with van der Waals surface area (Å²) < 4.78 is 0. The van der Waals surface area contributed by atoms with Crippen LogP contribution in [0.2, 0.25) is 0 Å². The summed E-state index contributed by atoms with van der Waals surface area (Å²) in [5, 5.41) is 8.88. The zero-order valence-electron chi connectivity index (χ0n) is 10.5. The Labute approximate surface area is 104 Å². The van der Waals surface area contributed by atoms with Gasteiger partial charge < -0.3 is 0 Å². The van der Waals surface area contributed by atoms with Crippen molar-refractivity contribution in [2.24, 2.45) is 10.2 Å². The van der Waals surface area contributed by atoms with Gasteiger partial charge >= 0.3 is 0 Å². The lowest BCUT2D eigenvalue weighted by molar-refractivity contribution is 0.519. The summed E-state index contributed by atoms with van der Waals surface area (Å²) in [6.07, 6.45) is 10.6. The first-order valence-corrected chi connectivity index (χ1v) is 6.91. The van der Waals surface area contributed by atoms with Gasteiger partial charge in [-0.05, 0) is 25.0 Å². The van der Waals surface area contributed by atoms with Crippen molar-refractivity contribution in [2.75, 3.05) is 0 Å². The molecule has 1 aromatic carbocycles. The number of hydrogen-bond acceptors (Lipinski definition) is 2. The lowest BCUT2D eigenvalue weighted by Gasteiger charge is -2.08. The van der Waals surface area contributed by atoms with Gasteiger partial charge in [-0.2, -0.15) is 10.2 Å². The molecule has 2 heteroatoms. The van der Waals surface area contributed by atoms with Crippen molar-refractivity contribution < 1.29 is 0 Å². The number of rotatable bonds is 2. The molecular formula is C15H22N2. The second kappa shape index (κ2) is 7.21. The molecule has 0 aliphatic heterocycles. The zero-order chi connectivity index (χ0) is 11.8. The van der Waals surface area contributed by atoms with Gasteiger partial charge in [0.15, 0.2) is 0 Å². The standard InChI is InChI=1S/C15H22N2/c1-2-4-7-11-14(10-6-3-1)16-17-15-12-8-5-9-13-15/h5,8-9,12-14H,1-4,6-7,10-11H2. The molecule has 1 aromatic rings. The maximum atomic E-state index is 4.52. The Balaban J connectivity index is 1.89. The quantitative estimate of drug-likeness (QED) is 0.618. The van der Waals surface area contributed by atoms with Crippen molar-refractivity contribution in [1.29, 1.82) is 0 Å². The molecule has 0 heterocycles. The van der Waals surface area contributed by atoms with E-state index in [4.69, 9.17) is 0 Å². The molecule has 0 aromatic heterocycles. The largest absolute Gasteiger partial charge is 0.185 e. The van der Waals surface area contributed by atoms with Crippen molar-refractivity contribution >= 4 is 5.69 Å². The molecule has 2 rings (SSSR count). The molecule has 1 aliphatic carbocycles. The van der Waals surface area contributed by atoms with Crippen molar-refractivity contribution in [1.82, 2.24) is 0 Å². The van der Waals surface area contributed by atoms with E-state index in [-0.39, 0.29) is 0 Å². The maximum Gasteiger partial charge on any atom is 0.0852 e. The van der Waals surface area contributed by atoms with Gasteiger partial charge in [0.25, 0.3) is 0 Å². The molecule has 0 bridgehead atoms. The number of nitrogens with zero attached hydrogens (tertiary/aromatic N) is 2. The molecule has 0 N–H and O–H groups in total.